The largest absolute Gasteiger partial charge is 0.292 e. The highest BCUT2D eigenvalue weighted by molar-refractivity contribution is 5.85. The molecule has 0 rings (SSSR count). The maximum absolute atomic E-state index is 10.2. The Labute approximate surface area is 61.6 Å². The van der Waals surface area contributed by atoms with Gasteiger partial charge in [-0.25, -0.2) is 5.43 Å². The molecule has 0 radical (unpaired) electrons. The van der Waals surface area contributed by atoms with Crippen molar-refractivity contribution in [1.82, 2.24) is 10.9 Å². The molecular formula is C5H13ClN2O. The predicted octanol–water partition coefficient (Wildman–Crippen LogP) is 0.457. The fourth-order valence-electron chi connectivity index (χ4n) is 0.246. The molecule has 0 unspecified atom stereocenters. The van der Waals surface area contributed by atoms with Crippen molar-refractivity contribution in [1.29, 1.82) is 0 Å². The first-order valence-corrected chi connectivity index (χ1v) is 2.65. The molecule has 56 valence electrons. The monoisotopic (exact) mass is 152 g/mol. The number of hydrogen-bond donors (Lipinski definition) is 2. The van der Waals surface area contributed by atoms with Gasteiger partial charge in [0.1, 0.15) is 0 Å². The molecule has 0 atom stereocenters. The number of rotatable bonds is 2. The van der Waals surface area contributed by atoms with Crippen LogP contribution in [0.1, 0.15) is 20.8 Å². The van der Waals surface area contributed by atoms with Crippen molar-refractivity contribution in [2.24, 2.45) is 0 Å². The van der Waals surface area contributed by atoms with E-state index in [1.54, 1.807) is 0 Å². The Morgan fingerprint density at radius 3 is 2.00 bits per heavy atom. The van der Waals surface area contributed by atoms with Gasteiger partial charge < -0.3 is 0 Å². The lowest BCUT2D eigenvalue weighted by atomic mass is 10.4. The summed E-state index contributed by atoms with van der Waals surface area (Å²) in [5, 5.41) is 0. The normalized spacial score (nSPS) is 8.44. The first-order valence-electron chi connectivity index (χ1n) is 2.65. The lowest BCUT2D eigenvalue weighted by Crippen LogP contribution is -2.40. The molecule has 0 aliphatic heterocycles. The number of halogens is 1. The average Bonchev–Trinajstić information content (AvgIpc) is 1.61. The second-order valence-corrected chi connectivity index (χ2v) is 1.98. The Hall–Kier alpha value is -0.280. The van der Waals surface area contributed by atoms with E-state index in [-0.39, 0.29) is 18.3 Å². The van der Waals surface area contributed by atoms with Gasteiger partial charge in [0, 0.05) is 13.0 Å². The summed E-state index contributed by atoms with van der Waals surface area (Å²) >= 11 is 0. The zero-order valence-corrected chi connectivity index (χ0v) is 6.71. The van der Waals surface area contributed by atoms with Gasteiger partial charge in [-0.3, -0.25) is 10.2 Å². The number of hydrazine groups is 1. The topological polar surface area (TPSA) is 41.1 Å². The summed E-state index contributed by atoms with van der Waals surface area (Å²) in [6, 6.07) is 0.305. The number of hydrogen-bond acceptors (Lipinski definition) is 2. The van der Waals surface area contributed by atoms with Crippen LogP contribution in [0.15, 0.2) is 0 Å². The van der Waals surface area contributed by atoms with Crippen molar-refractivity contribution >= 4 is 18.3 Å². The van der Waals surface area contributed by atoms with Crippen LogP contribution < -0.4 is 10.9 Å². The molecule has 0 aliphatic rings. The molecule has 2 N–H and O–H groups in total. The Morgan fingerprint density at radius 2 is 1.89 bits per heavy atom. The first-order chi connectivity index (χ1) is 3.63. The van der Waals surface area contributed by atoms with E-state index in [0.29, 0.717) is 6.04 Å². The predicted molar refractivity (Wildman–Crippen MR) is 39.3 cm³/mol. The molecule has 0 fully saturated rings. The Bertz CT molecular complexity index is 85.0. The molecule has 0 aliphatic carbocycles. The molecule has 9 heavy (non-hydrogen) atoms. The summed E-state index contributed by atoms with van der Waals surface area (Å²) in [5.41, 5.74) is 5.20. The van der Waals surface area contributed by atoms with Gasteiger partial charge in [0.25, 0.3) is 0 Å². The standard InChI is InChI=1S/C5H12N2O.ClH/c1-4(2)6-7-5(3)8;/h4,6H,1-3H3,(H,7,8);1H. The van der Waals surface area contributed by atoms with Gasteiger partial charge in [-0.1, -0.05) is 0 Å². The minimum atomic E-state index is -0.0568. The zero-order chi connectivity index (χ0) is 6.57. The van der Waals surface area contributed by atoms with Crippen LogP contribution in [0, 0.1) is 0 Å². The molecule has 0 saturated heterocycles. The minimum Gasteiger partial charge on any atom is -0.292 e. The van der Waals surface area contributed by atoms with Crippen LogP contribution in [0.4, 0.5) is 0 Å². The van der Waals surface area contributed by atoms with E-state index in [2.05, 4.69) is 10.9 Å². The Kier molecular flexibility index (Phi) is 7.48. The van der Waals surface area contributed by atoms with E-state index in [4.69, 9.17) is 0 Å². The van der Waals surface area contributed by atoms with Crippen LogP contribution in [-0.2, 0) is 4.79 Å². The third-order valence-electron chi connectivity index (χ3n) is 0.537. The van der Waals surface area contributed by atoms with Gasteiger partial charge in [-0.15, -0.1) is 12.4 Å². The minimum absolute atomic E-state index is 0. The number of amides is 1. The van der Waals surface area contributed by atoms with Crippen LogP contribution in [0.5, 0.6) is 0 Å². The van der Waals surface area contributed by atoms with Crippen molar-refractivity contribution in [2.75, 3.05) is 0 Å². The molecule has 1 amide bonds. The Balaban J connectivity index is 0. The fourth-order valence-corrected chi connectivity index (χ4v) is 0.246. The molecule has 0 heterocycles. The number of nitrogens with one attached hydrogen (secondary N) is 2. The highest BCUT2D eigenvalue weighted by Gasteiger charge is 1.90. The van der Waals surface area contributed by atoms with E-state index >= 15 is 0 Å². The number of carbonyl (C=O) groups excluding carboxylic acids is 1. The maximum atomic E-state index is 10.2. The summed E-state index contributed by atoms with van der Waals surface area (Å²) in [7, 11) is 0. The van der Waals surface area contributed by atoms with Crippen molar-refractivity contribution in [3.63, 3.8) is 0 Å². The van der Waals surface area contributed by atoms with Crippen molar-refractivity contribution in [2.45, 2.75) is 26.8 Å². The lowest BCUT2D eigenvalue weighted by molar-refractivity contribution is -0.120. The van der Waals surface area contributed by atoms with E-state index < -0.39 is 0 Å². The van der Waals surface area contributed by atoms with Crippen LogP contribution in [0.2, 0.25) is 0 Å². The van der Waals surface area contributed by atoms with Crippen molar-refractivity contribution in [3.05, 3.63) is 0 Å². The third kappa shape index (κ3) is 11.3. The molecule has 0 aromatic rings. The second-order valence-electron chi connectivity index (χ2n) is 1.98. The second kappa shape index (κ2) is 5.85. The van der Waals surface area contributed by atoms with Crippen LogP contribution >= 0.6 is 12.4 Å². The zero-order valence-electron chi connectivity index (χ0n) is 5.89. The molecule has 0 aromatic heterocycles. The van der Waals surface area contributed by atoms with Crippen LogP contribution in [0.3, 0.4) is 0 Å². The molecule has 0 saturated carbocycles. The van der Waals surface area contributed by atoms with Crippen LogP contribution in [0.25, 0.3) is 0 Å². The maximum Gasteiger partial charge on any atom is 0.230 e. The summed E-state index contributed by atoms with van der Waals surface area (Å²) in [6.45, 7) is 5.38. The van der Waals surface area contributed by atoms with Gasteiger partial charge in [0.15, 0.2) is 0 Å². The molecule has 0 spiro atoms. The van der Waals surface area contributed by atoms with E-state index in [0.717, 1.165) is 0 Å². The lowest BCUT2D eigenvalue weighted by Gasteiger charge is -2.06. The van der Waals surface area contributed by atoms with E-state index in [1.807, 2.05) is 13.8 Å². The van der Waals surface area contributed by atoms with Crippen LogP contribution in [-0.4, -0.2) is 11.9 Å². The van der Waals surface area contributed by atoms with Gasteiger partial charge in [-0.2, -0.15) is 0 Å². The van der Waals surface area contributed by atoms with Crippen molar-refractivity contribution in [3.8, 4) is 0 Å². The first kappa shape index (κ1) is 11.5. The SMILES string of the molecule is CC(=O)NNC(C)C.Cl. The molecule has 0 aromatic carbocycles. The highest BCUT2D eigenvalue weighted by atomic mass is 35.5. The molecule has 4 heteroatoms. The summed E-state index contributed by atoms with van der Waals surface area (Å²) in [5.74, 6) is -0.0568. The van der Waals surface area contributed by atoms with Gasteiger partial charge in [-0.05, 0) is 13.8 Å². The quantitative estimate of drug-likeness (QED) is 0.565. The Morgan fingerprint density at radius 1 is 1.44 bits per heavy atom. The van der Waals surface area contributed by atoms with Gasteiger partial charge >= 0.3 is 0 Å². The van der Waals surface area contributed by atoms with Gasteiger partial charge in [0.2, 0.25) is 5.91 Å². The highest BCUT2D eigenvalue weighted by Crippen LogP contribution is 1.69. The summed E-state index contributed by atoms with van der Waals surface area (Å²) < 4.78 is 0. The smallest absolute Gasteiger partial charge is 0.230 e. The summed E-state index contributed by atoms with van der Waals surface area (Å²) in [6.07, 6.45) is 0. The summed E-state index contributed by atoms with van der Waals surface area (Å²) in [4.78, 5) is 10.2. The number of carbonyl (C=O) groups is 1. The van der Waals surface area contributed by atoms with E-state index in [9.17, 15) is 4.79 Å². The third-order valence-corrected chi connectivity index (χ3v) is 0.537. The fraction of sp³-hybridized carbons (Fsp3) is 0.800. The molecular weight excluding hydrogens is 140 g/mol. The van der Waals surface area contributed by atoms with E-state index in [1.165, 1.54) is 6.92 Å². The molecule has 3 nitrogen and oxygen atoms in total. The average molecular weight is 153 g/mol. The van der Waals surface area contributed by atoms with Gasteiger partial charge in [0.05, 0.1) is 0 Å². The molecule has 0 bridgehead atoms. The van der Waals surface area contributed by atoms with Crippen molar-refractivity contribution < 1.29 is 4.79 Å².